The molecule has 2 unspecified atom stereocenters. The summed E-state index contributed by atoms with van der Waals surface area (Å²) in [5.74, 6) is -3.50. The van der Waals surface area contributed by atoms with Gasteiger partial charge in [-0.05, 0) is 18.9 Å². The molecule has 2 aromatic rings. The van der Waals surface area contributed by atoms with E-state index in [1.54, 1.807) is 34.6 Å². The Morgan fingerprint density at radius 1 is 1.14 bits per heavy atom. The Balaban J connectivity index is 1.79. The van der Waals surface area contributed by atoms with Crippen molar-refractivity contribution < 1.29 is 47.9 Å². The number of methoxy groups -OCH3 is 1. The number of esters is 2. The fourth-order valence-corrected chi connectivity index (χ4v) is 4.25. The molecule has 0 spiro atoms. The Kier molecular flexibility index (Phi) is 13.2. The number of amides is 1. The third-order valence-electron chi connectivity index (χ3n) is 6.90. The van der Waals surface area contributed by atoms with Gasteiger partial charge in [-0.3, -0.25) is 14.4 Å². The Hall–Kier alpha value is -3.87. The number of rotatable bonds is 12. The second-order valence-corrected chi connectivity index (χ2v) is 11.1. The molecule has 1 aromatic carbocycles. The fraction of sp³-hybridized carbons (Fsp3) is 0.531. The summed E-state index contributed by atoms with van der Waals surface area (Å²) in [5.41, 5.74) is 0.740. The first-order valence-electron chi connectivity index (χ1n) is 14.6. The molecule has 1 fully saturated rings. The summed E-state index contributed by atoms with van der Waals surface area (Å²) < 4.78 is 33.7. The van der Waals surface area contributed by atoms with Gasteiger partial charge >= 0.3 is 11.9 Å². The molecular formula is C32H42N2O10. The molecule has 0 radical (unpaired) electrons. The van der Waals surface area contributed by atoms with Crippen molar-refractivity contribution in [3.05, 3.63) is 53.9 Å². The van der Waals surface area contributed by atoms with Gasteiger partial charge in [0.25, 0.3) is 5.91 Å². The van der Waals surface area contributed by atoms with Gasteiger partial charge in [-0.15, -0.1) is 0 Å². The first-order valence-corrected chi connectivity index (χ1v) is 14.6. The molecule has 0 saturated carbocycles. The number of benzene rings is 1. The van der Waals surface area contributed by atoms with Crippen molar-refractivity contribution in [2.75, 3.05) is 27.1 Å². The molecule has 12 heteroatoms. The monoisotopic (exact) mass is 614 g/mol. The number of aromatic nitrogens is 1. The Bertz CT molecular complexity index is 1270. The van der Waals surface area contributed by atoms with Crippen LogP contribution < -0.4 is 9.47 Å². The zero-order valence-electron chi connectivity index (χ0n) is 26.0. The summed E-state index contributed by atoms with van der Waals surface area (Å²) in [4.78, 5) is 47.3. The van der Waals surface area contributed by atoms with Crippen LogP contribution in [0.15, 0.2) is 47.6 Å². The van der Waals surface area contributed by atoms with Gasteiger partial charge in [-0.25, -0.2) is 9.98 Å². The van der Waals surface area contributed by atoms with E-state index in [4.69, 9.17) is 28.4 Å². The van der Waals surface area contributed by atoms with Gasteiger partial charge in [-0.2, -0.15) is 0 Å². The number of aliphatic hydroxyl groups excluding tert-OH is 1. The Morgan fingerprint density at radius 3 is 2.52 bits per heavy atom. The molecule has 1 saturated heterocycles. The maximum absolute atomic E-state index is 13.4. The van der Waals surface area contributed by atoms with Crippen LogP contribution >= 0.6 is 0 Å². The highest BCUT2D eigenvalue weighted by Gasteiger charge is 2.39. The Morgan fingerprint density at radius 2 is 1.86 bits per heavy atom. The molecular weight excluding hydrogens is 572 g/mol. The van der Waals surface area contributed by atoms with Crippen LogP contribution in [0.3, 0.4) is 0 Å². The molecule has 1 N–H and O–H groups in total. The summed E-state index contributed by atoms with van der Waals surface area (Å²) in [6.07, 6.45) is 0.360. The van der Waals surface area contributed by atoms with E-state index >= 15 is 0 Å². The lowest BCUT2D eigenvalue weighted by molar-refractivity contribution is -0.171. The van der Waals surface area contributed by atoms with Crippen LogP contribution in [0, 0.1) is 23.7 Å². The predicted molar refractivity (Wildman–Crippen MR) is 159 cm³/mol. The summed E-state index contributed by atoms with van der Waals surface area (Å²) in [5, 5.41) is 9.90. The highest BCUT2D eigenvalue weighted by atomic mass is 16.7. The van der Waals surface area contributed by atoms with Gasteiger partial charge in [0, 0.05) is 24.4 Å². The molecule has 0 aliphatic carbocycles. The quantitative estimate of drug-likeness (QED) is 0.212. The number of aliphatic hydroxyl groups is 1. The van der Waals surface area contributed by atoms with Crippen LogP contribution in [0.5, 0.6) is 11.5 Å². The molecule has 44 heavy (non-hydrogen) atoms. The average Bonchev–Trinajstić information content (AvgIpc) is 3.06. The van der Waals surface area contributed by atoms with Crippen LogP contribution in [0.4, 0.5) is 0 Å². The van der Waals surface area contributed by atoms with E-state index in [2.05, 4.69) is 9.98 Å². The average molecular weight is 615 g/mol. The lowest BCUT2D eigenvalue weighted by Crippen LogP contribution is -2.43. The zero-order valence-corrected chi connectivity index (χ0v) is 26.0. The maximum atomic E-state index is 13.4. The number of pyridine rings is 1. The summed E-state index contributed by atoms with van der Waals surface area (Å²) in [6.45, 7) is 8.28. The van der Waals surface area contributed by atoms with Gasteiger partial charge in [0.2, 0.25) is 0 Å². The number of hydrogen-bond acceptors (Lipinski definition) is 11. The zero-order chi connectivity index (χ0) is 32.2. The standard InChI is InChI=1S/C32H42N2O10/c1-19(2)30(36)43-18-42-28-25(39-6)12-13-33-26(28)29(35)34-15-23-16-40-21(5)27(44-31(37)20(3)4)24(32(38)41-17-23)14-22-10-8-7-9-11-22/h7-13,15,19-21,23-24,27,30,36H,14,16-18H2,1-6H3/t21-,23?,24+,27-,30?/m0/s1. The smallest absolute Gasteiger partial charge is 0.313 e. The maximum Gasteiger partial charge on any atom is 0.313 e. The molecule has 0 bridgehead atoms. The van der Waals surface area contributed by atoms with Crippen molar-refractivity contribution in [3.63, 3.8) is 0 Å². The second-order valence-electron chi connectivity index (χ2n) is 11.1. The van der Waals surface area contributed by atoms with E-state index in [0.717, 1.165) is 5.56 Å². The van der Waals surface area contributed by atoms with Crippen molar-refractivity contribution in [3.8, 4) is 11.5 Å². The van der Waals surface area contributed by atoms with E-state index in [9.17, 15) is 19.5 Å². The normalized spacial score (nSPS) is 21.7. The first kappa shape index (κ1) is 34.6. The summed E-state index contributed by atoms with van der Waals surface area (Å²) >= 11 is 0. The van der Waals surface area contributed by atoms with Crippen molar-refractivity contribution in [1.29, 1.82) is 0 Å². The Labute approximate surface area is 257 Å². The lowest BCUT2D eigenvalue weighted by Gasteiger charge is -2.30. The molecule has 12 nitrogen and oxygen atoms in total. The van der Waals surface area contributed by atoms with Crippen LogP contribution in [0.1, 0.15) is 50.7 Å². The van der Waals surface area contributed by atoms with E-state index in [0.29, 0.717) is 0 Å². The second kappa shape index (κ2) is 16.8. The molecule has 1 aliphatic rings. The first-order chi connectivity index (χ1) is 21.0. The number of aliphatic imine (C=N–C) groups is 1. The third kappa shape index (κ3) is 9.83. The van der Waals surface area contributed by atoms with Gasteiger partial charge in [0.05, 0.1) is 31.7 Å². The molecule has 1 aliphatic heterocycles. The van der Waals surface area contributed by atoms with Crippen molar-refractivity contribution in [2.24, 2.45) is 28.7 Å². The molecule has 1 aromatic heterocycles. The molecule has 3 rings (SSSR count). The highest BCUT2D eigenvalue weighted by Crippen LogP contribution is 2.30. The summed E-state index contributed by atoms with van der Waals surface area (Å²) in [6, 6.07) is 10.9. The minimum absolute atomic E-state index is 0.00237. The van der Waals surface area contributed by atoms with Gasteiger partial charge < -0.3 is 33.5 Å². The van der Waals surface area contributed by atoms with Gasteiger partial charge in [0.1, 0.15) is 18.6 Å². The SMILES string of the molecule is COc1ccnc(C(=O)N=CC2COC(=O)[C@H](Cc3ccccc3)[C@@H](OC(=O)C(C)C)[C@H](C)OC2)c1OCOC(O)C(C)C. The fourth-order valence-electron chi connectivity index (χ4n) is 4.25. The van der Waals surface area contributed by atoms with Crippen LogP contribution in [0.25, 0.3) is 0 Å². The number of ether oxygens (including phenoxy) is 6. The number of nitrogens with zero attached hydrogens (tertiary/aromatic N) is 2. The lowest BCUT2D eigenvalue weighted by atomic mass is 9.91. The third-order valence-corrected chi connectivity index (χ3v) is 6.90. The van der Waals surface area contributed by atoms with E-state index < -0.39 is 54.1 Å². The number of cyclic esters (lactones) is 1. The van der Waals surface area contributed by atoms with Crippen molar-refractivity contribution >= 4 is 24.1 Å². The van der Waals surface area contributed by atoms with Crippen LogP contribution in [-0.4, -0.2) is 79.8 Å². The van der Waals surface area contributed by atoms with Gasteiger partial charge in [-0.1, -0.05) is 58.0 Å². The highest BCUT2D eigenvalue weighted by molar-refractivity contribution is 6.00. The van der Waals surface area contributed by atoms with Crippen molar-refractivity contribution in [2.45, 2.75) is 59.5 Å². The van der Waals surface area contributed by atoms with E-state index in [1.807, 2.05) is 30.3 Å². The minimum atomic E-state index is -1.07. The number of hydrogen-bond donors (Lipinski definition) is 1. The largest absolute Gasteiger partial charge is 0.493 e. The summed E-state index contributed by atoms with van der Waals surface area (Å²) in [7, 11) is 1.41. The molecule has 1 amide bonds. The number of carbonyl (C=O) groups excluding carboxylic acids is 3. The van der Waals surface area contributed by atoms with Gasteiger partial charge in [0.15, 0.2) is 30.3 Å². The van der Waals surface area contributed by atoms with Crippen LogP contribution in [0.2, 0.25) is 0 Å². The van der Waals surface area contributed by atoms with E-state index in [-0.39, 0.29) is 49.5 Å². The molecule has 2 heterocycles. The van der Waals surface area contributed by atoms with E-state index in [1.165, 1.54) is 25.6 Å². The predicted octanol–water partition coefficient (Wildman–Crippen LogP) is 3.63. The molecule has 240 valence electrons. The topological polar surface area (TPSA) is 152 Å². The number of carbonyl (C=O) groups is 3. The molecule has 5 atom stereocenters. The minimum Gasteiger partial charge on any atom is -0.493 e. The van der Waals surface area contributed by atoms with Crippen molar-refractivity contribution in [1.82, 2.24) is 4.98 Å². The van der Waals surface area contributed by atoms with Crippen LogP contribution in [-0.2, 0) is 35.0 Å².